The summed E-state index contributed by atoms with van der Waals surface area (Å²) in [6.45, 7) is 6.56. The van der Waals surface area contributed by atoms with Crippen molar-refractivity contribution in [2.24, 2.45) is 0 Å². The van der Waals surface area contributed by atoms with Crippen LogP contribution in [0.1, 0.15) is 57.7 Å². The minimum absolute atomic E-state index is 0.504. The summed E-state index contributed by atoms with van der Waals surface area (Å²) in [6.07, 6.45) is 8.77. The topological polar surface area (TPSA) is 21.1 Å². The van der Waals surface area contributed by atoms with E-state index in [0.717, 1.165) is 30.9 Å². The molecule has 0 spiro atoms. The maximum atomic E-state index is 4.73. The zero-order chi connectivity index (χ0) is 13.7. The van der Waals surface area contributed by atoms with E-state index < -0.39 is 0 Å². The Bertz CT molecular complexity index is 371. The molecule has 1 unspecified atom stereocenters. The summed E-state index contributed by atoms with van der Waals surface area (Å²) >= 11 is 3.58. The van der Waals surface area contributed by atoms with Crippen molar-refractivity contribution >= 4 is 15.9 Å². The average molecular weight is 328 g/mol. The Hall–Kier alpha value is -0.350. The predicted molar refractivity (Wildman–Crippen MR) is 83.7 cm³/mol. The molecule has 1 fully saturated rings. The van der Waals surface area contributed by atoms with Crippen molar-refractivity contribution in [1.29, 1.82) is 0 Å². The van der Waals surface area contributed by atoms with Gasteiger partial charge in [-0.3, -0.25) is 9.58 Å². The maximum absolute atomic E-state index is 4.73. The van der Waals surface area contributed by atoms with Gasteiger partial charge in [0.05, 0.1) is 5.69 Å². The third-order valence-electron chi connectivity index (χ3n) is 4.28. The summed E-state index contributed by atoms with van der Waals surface area (Å²) in [5.74, 6) is 0. The molecule has 0 N–H and O–H groups in total. The highest BCUT2D eigenvalue weighted by atomic mass is 79.9. The van der Waals surface area contributed by atoms with Gasteiger partial charge in [-0.2, -0.15) is 5.10 Å². The van der Waals surface area contributed by atoms with Crippen molar-refractivity contribution in [2.75, 3.05) is 11.9 Å². The highest BCUT2D eigenvalue weighted by Crippen LogP contribution is 2.24. The van der Waals surface area contributed by atoms with Crippen molar-refractivity contribution in [1.82, 2.24) is 14.7 Å². The zero-order valence-electron chi connectivity index (χ0n) is 12.2. The number of nitrogens with zero attached hydrogens (tertiary/aromatic N) is 3. The molecule has 0 aromatic carbocycles. The van der Waals surface area contributed by atoms with Gasteiger partial charge in [0.15, 0.2) is 0 Å². The number of aromatic nitrogens is 2. The third kappa shape index (κ3) is 4.06. The van der Waals surface area contributed by atoms with E-state index >= 15 is 0 Å². The minimum atomic E-state index is 0.504. The van der Waals surface area contributed by atoms with E-state index in [9.17, 15) is 0 Å². The van der Waals surface area contributed by atoms with Gasteiger partial charge < -0.3 is 0 Å². The molecule has 4 heteroatoms. The molecule has 0 radical (unpaired) electrons. The Morgan fingerprint density at radius 1 is 1.47 bits per heavy atom. The van der Waals surface area contributed by atoms with Crippen LogP contribution < -0.4 is 0 Å². The standard InChI is InChI=1S/C15H26BrN3/c1-3-13(2)19-10-8-14(17-19)12-18(11-9-16)15-6-4-5-7-15/h8,10,13,15H,3-7,9,11-12H2,1-2H3. The lowest BCUT2D eigenvalue weighted by molar-refractivity contribution is 0.199. The SMILES string of the molecule is CCC(C)n1ccc(CN(CCBr)C2CCCC2)n1. The first kappa shape index (κ1) is 15.0. The molecule has 0 saturated heterocycles. The molecular formula is C15H26BrN3. The van der Waals surface area contributed by atoms with Crippen molar-refractivity contribution in [3.8, 4) is 0 Å². The number of hydrogen-bond donors (Lipinski definition) is 0. The molecule has 0 bridgehead atoms. The van der Waals surface area contributed by atoms with Gasteiger partial charge in [0.2, 0.25) is 0 Å². The molecule has 2 rings (SSSR count). The monoisotopic (exact) mass is 327 g/mol. The number of halogens is 1. The second-order valence-electron chi connectivity index (χ2n) is 5.64. The lowest BCUT2D eigenvalue weighted by Crippen LogP contribution is -2.34. The summed E-state index contributed by atoms with van der Waals surface area (Å²) < 4.78 is 2.11. The summed E-state index contributed by atoms with van der Waals surface area (Å²) in [4.78, 5) is 2.60. The molecule has 1 aromatic rings. The van der Waals surface area contributed by atoms with Gasteiger partial charge in [0, 0.05) is 36.7 Å². The van der Waals surface area contributed by atoms with Gasteiger partial charge in [-0.25, -0.2) is 0 Å². The maximum Gasteiger partial charge on any atom is 0.0765 e. The Morgan fingerprint density at radius 3 is 2.84 bits per heavy atom. The highest BCUT2D eigenvalue weighted by molar-refractivity contribution is 9.09. The molecule has 0 amide bonds. The van der Waals surface area contributed by atoms with Crippen LogP contribution >= 0.6 is 15.9 Å². The fourth-order valence-corrected chi connectivity index (χ4v) is 3.33. The second-order valence-corrected chi connectivity index (χ2v) is 6.44. The van der Waals surface area contributed by atoms with Gasteiger partial charge in [-0.15, -0.1) is 0 Å². The van der Waals surface area contributed by atoms with E-state index in [-0.39, 0.29) is 0 Å². The zero-order valence-corrected chi connectivity index (χ0v) is 13.8. The predicted octanol–water partition coefficient (Wildman–Crippen LogP) is 3.99. The Kier molecular flexibility index (Phi) is 5.89. The van der Waals surface area contributed by atoms with Crippen LogP contribution in [0.5, 0.6) is 0 Å². The van der Waals surface area contributed by atoms with Crippen molar-refractivity contribution in [3.05, 3.63) is 18.0 Å². The van der Waals surface area contributed by atoms with E-state index in [0.29, 0.717) is 6.04 Å². The average Bonchev–Trinajstić information content (AvgIpc) is 3.08. The quantitative estimate of drug-likeness (QED) is 0.706. The Balaban J connectivity index is 1.97. The lowest BCUT2D eigenvalue weighted by Gasteiger charge is -2.27. The Morgan fingerprint density at radius 2 is 2.21 bits per heavy atom. The van der Waals surface area contributed by atoms with Gasteiger partial charge in [-0.1, -0.05) is 35.7 Å². The van der Waals surface area contributed by atoms with Crippen LogP contribution in [0.2, 0.25) is 0 Å². The van der Waals surface area contributed by atoms with Crippen LogP contribution in [0.4, 0.5) is 0 Å². The number of alkyl halides is 1. The first-order valence-electron chi connectivity index (χ1n) is 7.58. The number of rotatable bonds is 7. The minimum Gasteiger partial charge on any atom is -0.294 e. The van der Waals surface area contributed by atoms with Crippen molar-refractivity contribution in [3.63, 3.8) is 0 Å². The molecule has 108 valence electrons. The fourth-order valence-electron chi connectivity index (χ4n) is 2.87. The Labute approximate surface area is 125 Å². The molecule has 1 aliphatic rings. The molecule has 1 atom stereocenters. The fraction of sp³-hybridized carbons (Fsp3) is 0.800. The number of hydrogen-bond acceptors (Lipinski definition) is 2. The summed E-state index contributed by atoms with van der Waals surface area (Å²) in [5.41, 5.74) is 1.22. The van der Waals surface area contributed by atoms with Gasteiger partial charge in [0.1, 0.15) is 0 Å². The second kappa shape index (κ2) is 7.44. The molecule has 3 nitrogen and oxygen atoms in total. The molecule has 1 aromatic heterocycles. The first-order valence-corrected chi connectivity index (χ1v) is 8.70. The van der Waals surface area contributed by atoms with Crippen LogP contribution in [0.25, 0.3) is 0 Å². The molecule has 1 aliphatic carbocycles. The van der Waals surface area contributed by atoms with Crippen LogP contribution in [0, 0.1) is 0 Å². The van der Waals surface area contributed by atoms with Gasteiger partial charge in [-0.05, 0) is 32.3 Å². The van der Waals surface area contributed by atoms with Crippen LogP contribution in [0.3, 0.4) is 0 Å². The highest BCUT2D eigenvalue weighted by Gasteiger charge is 2.22. The van der Waals surface area contributed by atoms with E-state index in [4.69, 9.17) is 5.10 Å². The van der Waals surface area contributed by atoms with E-state index in [1.165, 1.54) is 31.4 Å². The largest absolute Gasteiger partial charge is 0.294 e. The van der Waals surface area contributed by atoms with E-state index in [1.54, 1.807) is 0 Å². The van der Waals surface area contributed by atoms with E-state index in [2.05, 4.69) is 51.6 Å². The van der Waals surface area contributed by atoms with Crippen LogP contribution in [-0.2, 0) is 6.54 Å². The van der Waals surface area contributed by atoms with Crippen molar-refractivity contribution < 1.29 is 0 Å². The van der Waals surface area contributed by atoms with Crippen LogP contribution in [0.15, 0.2) is 12.3 Å². The smallest absolute Gasteiger partial charge is 0.0765 e. The normalized spacial score (nSPS) is 18.3. The molecule has 0 aliphatic heterocycles. The first-order chi connectivity index (χ1) is 9.24. The van der Waals surface area contributed by atoms with Crippen LogP contribution in [-0.4, -0.2) is 32.6 Å². The van der Waals surface area contributed by atoms with Crippen molar-refractivity contribution in [2.45, 2.75) is 64.6 Å². The summed E-state index contributed by atoms with van der Waals surface area (Å²) in [7, 11) is 0. The molecule has 1 heterocycles. The molecule has 19 heavy (non-hydrogen) atoms. The lowest BCUT2D eigenvalue weighted by atomic mass is 10.2. The molecule has 1 saturated carbocycles. The third-order valence-corrected chi connectivity index (χ3v) is 4.64. The molecular weight excluding hydrogens is 302 g/mol. The summed E-state index contributed by atoms with van der Waals surface area (Å²) in [5, 5.41) is 5.79. The van der Waals surface area contributed by atoms with E-state index in [1.807, 2.05) is 0 Å². The van der Waals surface area contributed by atoms with Gasteiger partial charge in [0.25, 0.3) is 0 Å². The van der Waals surface area contributed by atoms with Gasteiger partial charge >= 0.3 is 0 Å². The summed E-state index contributed by atoms with van der Waals surface area (Å²) in [6, 6.07) is 3.46.